The molecule has 2 fully saturated rings. The first-order valence-electron chi connectivity index (χ1n) is 6.99. The smallest absolute Gasteiger partial charge is 0.0738 e. The summed E-state index contributed by atoms with van der Waals surface area (Å²) >= 11 is 3.64. The number of hydrogen-bond acceptors (Lipinski definition) is 2. The Hall–Kier alpha value is -0.350. The molecular weight excluding hydrogens is 290 g/mol. The van der Waals surface area contributed by atoms with Crippen molar-refractivity contribution in [2.75, 3.05) is 0 Å². The van der Waals surface area contributed by atoms with Gasteiger partial charge in [0.15, 0.2) is 0 Å². The van der Waals surface area contributed by atoms with Crippen molar-refractivity contribution >= 4 is 15.9 Å². The molecule has 1 heterocycles. The summed E-state index contributed by atoms with van der Waals surface area (Å²) in [4.78, 5) is 0. The molecule has 4 unspecified atom stereocenters. The Balaban J connectivity index is 1.72. The largest absolute Gasteiger partial charge is 0.327 e. The summed E-state index contributed by atoms with van der Waals surface area (Å²) in [6, 6.07) is 0.298. The van der Waals surface area contributed by atoms with Gasteiger partial charge in [0.1, 0.15) is 0 Å². The van der Waals surface area contributed by atoms with Gasteiger partial charge in [0.2, 0.25) is 0 Å². The van der Waals surface area contributed by atoms with E-state index in [1.165, 1.54) is 31.4 Å². The summed E-state index contributed by atoms with van der Waals surface area (Å²) in [6.07, 6.45) is 6.60. The van der Waals surface area contributed by atoms with Crippen LogP contribution in [0.15, 0.2) is 4.47 Å². The molecule has 0 aromatic carbocycles. The quantitative estimate of drug-likeness (QED) is 0.933. The number of nitrogens with two attached hydrogens (primary N) is 1. The van der Waals surface area contributed by atoms with Crippen LogP contribution in [-0.4, -0.2) is 15.8 Å². The van der Waals surface area contributed by atoms with Crippen molar-refractivity contribution in [2.24, 2.45) is 30.5 Å². The molecule has 2 N–H and O–H groups in total. The number of aryl methyl sites for hydroxylation is 2. The van der Waals surface area contributed by atoms with Gasteiger partial charge in [-0.2, -0.15) is 5.10 Å². The minimum absolute atomic E-state index is 0.298. The summed E-state index contributed by atoms with van der Waals surface area (Å²) < 4.78 is 3.12. The fourth-order valence-electron chi connectivity index (χ4n) is 4.09. The van der Waals surface area contributed by atoms with E-state index >= 15 is 0 Å². The Labute approximate surface area is 117 Å². The molecule has 3 nitrogen and oxygen atoms in total. The Morgan fingerprint density at radius 1 is 1.44 bits per heavy atom. The molecule has 2 bridgehead atoms. The second-order valence-corrected chi connectivity index (χ2v) is 6.97. The number of hydrogen-bond donors (Lipinski definition) is 1. The molecule has 0 radical (unpaired) electrons. The van der Waals surface area contributed by atoms with E-state index in [9.17, 15) is 0 Å². The highest BCUT2D eigenvalue weighted by Crippen LogP contribution is 2.49. The van der Waals surface area contributed by atoms with Gasteiger partial charge in [0.25, 0.3) is 0 Å². The normalized spacial score (nSPS) is 32.1. The van der Waals surface area contributed by atoms with Crippen LogP contribution >= 0.6 is 15.9 Å². The first-order chi connectivity index (χ1) is 8.56. The highest BCUT2D eigenvalue weighted by Gasteiger charge is 2.42. The van der Waals surface area contributed by atoms with Crippen molar-refractivity contribution in [1.82, 2.24) is 9.78 Å². The number of rotatable bonds is 3. The van der Waals surface area contributed by atoms with Gasteiger partial charge >= 0.3 is 0 Å². The molecule has 18 heavy (non-hydrogen) atoms. The summed E-state index contributed by atoms with van der Waals surface area (Å²) in [5.41, 5.74) is 8.80. The number of fused-ring (bicyclic) bond motifs is 2. The number of halogens is 1. The predicted octanol–water partition coefficient (Wildman–Crippen LogP) is 2.80. The maximum absolute atomic E-state index is 6.48. The minimum atomic E-state index is 0.298. The molecule has 4 heteroatoms. The van der Waals surface area contributed by atoms with Crippen LogP contribution in [-0.2, 0) is 13.5 Å². The molecular formula is C14H22BrN3. The van der Waals surface area contributed by atoms with Crippen LogP contribution in [0.3, 0.4) is 0 Å². The lowest BCUT2D eigenvalue weighted by molar-refractivity contribution is 0.278. The van der Waals surface area contributed by atoms with E-state index in [2.05, 4.69) is 21.0 Å². The fourth-order valence-corrected chi connectivity index (χ4v) is 4.59. The van der Waals surface area contributed by atoms with E-state index in [0.717, 1.165) is 34.3 Å². The Kier molecular flexibility index (Phi) is 3.27. The van der Waals surface area contributed by atoms with Crippen LogP contribution in [0.1, 0.15) is 37.1 Å². The number of aromatic nitrogens is 2. The average molecular weight is 312 g/mol. The van der Waals surface area contributed by atoms with Crippen LogP contribution in [0.4, 0.5) is 0 Å². The molecule has 1 aromatic heterocycles. The maximum Gasteiger partial charge on any atom is 0.0738 e. The third kappa shape index (κ3) is 2.03. The van der Waals surface area contributed by atoms with E-state index in [1.807, 2.05) is 18.7 Å². The number of nitrogens with zero attached hydrogens (tertiary/aromatic N) is 2. The van der Waals surface area contributed by atoms with Crippen LogP contribution in [0.5, 0.6) is 0 Å². The van der Waals surface area contributed by atoms with Crippen molar-refractivity contribution in [2.45, 2.75) is 45.1 Å². The van der Waals surface area contributed by atoms with Gasteiger partial charge in [-0.1, -0.05) is 6.42 Å². The van der Waals surface area contributed by atoms with Crippen LogP contribution in [0.2, 0.25) is 0 Å². The van der Waals surface area contributed by atoms with Crippen LogP contribution in [0, 0.1) is 24.7 Å². The van der Waals surface area contributed by atoms with Gasteiger partial charge in [-0.15, -0.1) is 0 Å². The van der Waals surface area contributed by atoms with E-state index in [1.54, 1.807) is 0 Å². The van der Waals surface area contributed by atoms with E-state index in [-0.39, 0.29) is 0 Å². The summed E-state index contributed by atoms with van der Waals surface area (Å²) in [7, 11) is 2.01. The van der Waals surface area contributed by atoms with Crippen molar-refractivity contribution in [3.05, 3.63) is 15.9 Å². The highest BCUT2D eigenvalue weighted by atomic mass is 79.9. The zero-order valence-electron chi connectivity index (χ0n) is 11.2. The molecule has 3 rings (SSSR count). The fraction of sp³-hybridized carbons (Fsp3) is 0.786. The van der Waals surface area contributed by atoms with Crippen LogP contribution < -0.4 is 5.73 Å². The third-order valence-electron chi connectivity index (χ3n) is 5.03. The molecule has 100 valence electrons. The standard InChI is InChI=1S/C14H22BrN3/c1-8-14(15)13(18(2)17-8)7-12(16)11-6-9-3-4-10(11)5-9/h9-12H,3-7,16H2,1-2H3. The SMILES string of the molecule is Cc1nn(C)c(CC(N)C2CC3CCC2C3)c1Br. The minimum Gasteiger partial charge on any atom is -0.327 e. The van der Waals surface area contributed by atoms with Gasteiger partial charge in [-0.05, 0) is 59.9 Å². The Bertz CT molecular complexity index is 454. The van der Waals surface area contributed by atoms with Crippen molar-refractivity contribution in [3.8, 4) is 0 Å². The molecule has 0 spiro atoms. The van der Waals surface area contributed by atoms with Gasteiger partial charge in [-0.3, -0.25) is 4.68 Å². The van der Waals surface area contributed by atoms with Crippen LogP contribution in [0.25, 0.3) is 0 Å². The molecule has 1 aromatic rings. The zero-order chi connectivity index (χ0) is 12.9. The lowest BCUT2D eigenvalue weighted by Gasteiger charge is -2.27. The second kappa shape index (κ2) is 4.64. The molecule has 0 amide bonds. The monoisotopic (exact) mass is 311 g/mol. The maximum atomic E-state index is 6.48. The van der Waals surface area contributed by atoms with Gasteiger partial charge < -0.3 is 5.73 Å². The predicted molar refractivity (Wildman–Crippen MR) is 76.3 cm³/mol. The average Bonchev–Trinajstić information content (AvgIpc) is 3.00. The zero-order valence-corrected chi connectivity index (χ0v) is 12.8. The first-order valence-corrected chi connectivity index (χ1v) is 7.79. The van der Waals surface area contributed by atoms with E-state index in [0.29, 0.717) is 6.04 Å². The topological polar surface area (TPSA) is 43.8 Å². The van der Waals surface area contributed by atoms with Gasteiger partial charge in [0, 0.05) is 19.5 Å². The lowest BCUT2D eigenvalue weighted by atomic mass is 9.82. The van der Waals surface area contributed by atoms with Crippen molar-refractivity contribution in [1.29, 1.82) is 0 Å². The molecule has 2 aliphatic rings. The van der Waals surface area contributed by atoms with Crippen molar-refractivity contribution in [3.63, 3.8) is 0 Å². The Morgan fingerprint density at radius 2 is 2.22 bits per heavy atom. The molecule has 2 aliphatic carbocycles. The summed E-state index contributed by atoms with van der Waals surface area (Å²) in [5, 5.41) is 4.45. The molecule has 4 atom stereocenters. The van der Waals surface area contributed by atoms with E-state index in [4.69, 9.17) is 5.73 Å². The highest BCUT2D eigenvalue weighted by molar-refractivity contribution is 9.10. The lowest BCUT2D eigenvalue weighted by Crippen LogP contribution is -2.36. The van der Waals surface area contributed by atoms with Gasteiger partial charge in [-0.25, -0.2) is 0 Å². The molecule has 2 saturated carbocycles. The second-order valence-electron chi connectivity index (χ2n) is 6.18. The van der Waals surface area contributed by atoms with E-state index < -0.39 is 0 Å². The third-order valence-corrected chi connectivity index (χ3v) is 6.06. The Morgan fingerprint density at radius 3 is 2.72 bits per heavy atom. The summed E-state index contributed by atoms with van der Waals surface area (Å²) in [5.74, 6) is 2.62. The summed E-state index contributed by atoms with van der Waals surface area (Å²) in [6.45, 7) is 2.04. The molecule has 0 aliphatic heterocycles. The van der Waals surface area contributed by atoms with Crippen molar-refractivity contribution < 1.29 is 0 Å². The van der Waals surface area contributed by atoms with Gasteiger partial charge in [0.05, 0.1) is 15.9 Å². The molecule has 0 saturated heterocycles. The first kappa shape index (κ1) is 12.7.